The lowest BCUT2D eigenvalue weighted by Gasteiger charge is -1.90. The van der Waals surface area contributed by atoms with Crippen molar-refractivity contribution < 1.29 is 4.79 Å². The Morgan fingerprint density at radius 3 is 2.60 bits per heavy atom. The van der Waals surface area contributed by atoms with Crippen molar-refractivity contribution in [2.24, 2.45) is 0 Å². The molecule has 0 amide bonds. The van der Waals surface area contributed by atoms with E-state index in [0.717, 1.165) is 4.47 Å². The minimum atomic E-state index is 0.0215. The molecule has 1 heterocycles. The number of hydrogen-bond acceptors (Lipinski definition) is 3. The molecule has 1 rings (SSSR count). The molecular formula is C6H6BrNOS. The minimum absolute atomic E-state index is 0.0215. The van der Waals surface area contributed by atoms with E-state index in [1.54, 1.807) is 0 Å². The highest BCUT2D eigenvalue weighted by Crippen LogP contribution is 2.29. The summed E-state index contributed by atoms with van der Waals surface area (Å²) in [6, 6.07) is 0. The Morgan fingerprint density at radius 1 is 1.80 bits per heavy atom. The Morgan fingerprint density at radius 2 is 2.40 bits per heavy atom. The number of halogens is 1. The van der Waals surface area contributed by atoms with E-state index >= 15 is 0 Å². The normalized spacial score (nSPS) is 9.80. The van der Waals surface area contributed by atoms with Crippen molar-refractivity contribution in [2.75, 3.05) is 5.73 Å². The topological polar surface area (TPSA) is 43.1 Å². The number of carbonyl (C=O) groups is 1. The molecule has 0 aromatic carbocycles. The third kappa shape index (κ3) is 1.22. The van der Waals surface area contributed by atoms with Gasteiger partial charge in [0.15, 0.2) is 5.78 Å². The van der Waals surface area contributed by atoms with Crippen LogP contribution in [0.15, 0.2) is 9.85 Å². The van der Waals surface area contributed by atoms with Gasteiger partial charge in [0, 0.05) is 12.3 Å². The molecular weight excluding hydrogens is 214 g/mol. The molecule has 0 saturated heterocycles. The summed E-state index contributed by atoms with van der Waals surface area (Å²) in [5.41, 5.74) is 6.10. The van der Waals surface area contributed by atoms with Crippen molar-refractivity contribution in [3.63, 3.8) is 0 Å². The minimum Gasteiger partial charge on any atom is -0.397 e. The first-order valence-electron chi connectivity index (χ1n) is 2.66. The van der Waals surface area contributed by atoms with Crippen molar-refractivity contribution in [1.82, 2.24) is 0 Å². The van der Waals surface area contributed by atoms with Gasteiger partial charge in [0.1, 0.15) is 0 Å². The van der Waals surface area contributed by atoms with Crippen LogP contribution >= 0.6 is 27.3 Å². The molecule has 2 nitrogen and oxygen atoms in total. The molecule has 0 radical (unpaired) electrons. The van der Waals surface area contributed by atoms with Crippen LogP contribution in [0.4, 0.5) is 5.69 Å². The van der Waals surface area contributed by atoms with Gasteiger partial charge in [-0.05, 0) is 15.9 Å². The molecule has 0 bridgehead atoms. The van der Waals surface area contributed by atoms with E-state index in [1.807, 2.05) is 5.38 Å². The summed E-state index contributed by atoms with van der Waals surface area (Å²) in [5.74, 6) is 0.0215. The Kier molecular flexibility index (Phi) is 2.11. The highest BCUT2D eigenvalue weighted by atomic mass is 79.9. The standard InChI is InChI=1S/C6H6BrNOS/c1-3(9)6-5(8)4(7)2-10-6/h2H,8H2,1H3. The van der Waals surface area contributed by atoms with E-state index in [-0.39, 0.29) is 5.78 Å². The molecule has 0 unspecified atom stereocenters. The quantitative estimate of drug-likeness (QED) is 0.738. The summed E-state index contributed by atoms with van der Waals surface area (Å²) in [6.07, 6.45) is 0. The molecule has 0 atom stereocenters. The van der Waals surface area contributed by atoms with E-state index in [0.29, 0.717) is 10.6 Å². The third-order valence-corrected chi connectivity index (χ3v) is 3.16. The summed E-state index contributed by atoms with van der Waals surface area (Å²) < 4.78 is 0.808. The lowest BCUT2D eigenvalue weighted by molar-refractivity contribution is 0.102. The first-order chi connectivity index (χ1) is 4.63. The lowest BCUT2D eigenvalue weighted by atomic mass is 10.3. The first kappa shape index (κ1) is 7.75. The second kappa shape index (κ2) is 2.72. The zero-order valence-corrected chi connectivity index (χ0v) is 7.75. The fraction of sp³-hybridized carbons (Fsp3) is 0.167. The number of carbonyl (C=O) groups excluding carboxylic acids is 1. The molecule has 1 aromatic rings. The van der Waals surface area contributed by atoms with Gasteiger partial charge in [-0.1, -0.05) is 0 Å². The van der Waals surface area contributed by atoms with E-state index < -0.39 is 0 Å². The number of hydrogen-bond donors (Lipinski definition) is 1. The zero-order chi connectivity index (χ0) is 7.72. The highest BCUT2D eigenvalue weighted by Gasteiger charge is 2.09. The Bertz CT molecular complexity index is 269. The average molecular weight is 220 g/mol. The molecule has 2 N–H and O–H groups in total. The number of ketones is 1. The van der Waals surface area contributed by atoms with Crippen molar-refractivity contribution in [3.8, 4) is 0 Å². The molecule has 54 valence electrons. The van der Waals surface area contributed by atoms with E-state index in [4.69, 9.17) is 5.73 Å². The largest absolute Gasteiger partial charge is 0.397 e. The van der Waals surface area contributed by atoms with Crippen molar-refractivity contribution in [2.45, 2.75) is 6.92 Å². The number of thiophene rings is 1. The lowest BCUT2D eigenvalue weighted by Crippen LogP contribution is -1.93. The summed E-state index contributed by atoms with van der Waals surface area (Å²) >= 11 is 4.58. The summed E-state index contributed by atoms with van der Waals surface area (Å²) in [5, 5.41) is 1.81. The van der Waals surface area contributed by atoms with E-state index in [2.05, 4.69) is 15.9 Å². The Hall–Kier alpha value is -0.350. The van der Waals surface area contributed by atoms with Crippen molar-refractivity contribution in [1.29, 1.82) is 0 Å². The second-order valence-corrected chi connectivity index (χ2v) is 3.62. The smallest absolute Gasteiger partial charge is 0.171 e. The van der Waals surface area contributed by atoms with Crippen LogP contribution in [-0.4, -0.2) is 5.78 Å². The summed E-state index contributed by atoms with van der Waals surface area (Å²) in [4.78, 5) is 11.4. The van der Waals surface area contributed by atoms with Gasteiger partial charge in [0.05, 0.1) is 15.0 Å². The van der Waals surface area contributed by atoms with Gasteiger partial charge < -0.3 is 5.73 Å². The maximum atomic E-state index is 10.8. The number of nitrogens with two attached hydrogens (primary N) is 1. The van der Waals surface area contributed by atoms with Crippen LogP contribution in [0.1, 0.15) is 16.6 Å². The molecule has 0 aliphatic heterocycles. The van der Waals surface area contributed by atoms with Crippen LogP contribution in [0.2, 0.25) is 0 Å². The van der Waals surface area contributed by atoms with Gasteiger partial charge in [-0.3, -0.25) is 4.79 Å². The van der Waals surface area contributed by atoms with Gasteiger partial charge in [0.2, 0.25) is 0 Å². The summed E-state index contributed by atoms with van der Waals surface area (Å²) in [7, 11) is 0. The SMILES string of the molecule is CC(=O)c1scc(Br)c1N. The van der Waals surface area contributed by atoms with Gasteiger partial charge in [0.25, 0.3) is 0 Å². The first-order valence-corrected chi connectivity index (χ1v) is 4.33. The molecule has 4 heteroatoms. The number of rotatable bonds is 1. The van der Waals surface area contributed by atoms with Crippen molar-refractivity contribution >= 4 is 38.7 Å². The molecule has 10 heavy (non-hydrogen) atoms. The maximum Gasteiger partial charge on any atom is 0.171 e. The van der Waals surface area contributed by atoms with Crippen LogP contribution in [0.5, 0.6) is 0 Å². The van der Waals surface area contributed by atoms with Gasteiger partial charge in [-0.25, -0.2) is 0 Å². The number of anilines is 1. The van der Waals surface area contributed by atoms with Gasteiger partial charge >= 0.3 is 0 Å². The molecule has 0 saturated carbocycles. The predicted octanol–water partition coefficient (Wildman–Crippen LogP) is 2.30. The van der Waals surface area contributed by atoms with Crippen LogP contribution in [0.25, 0.3) is 0 Å². The Balaban J connectivity index is 3.17. The van der Waals surface area contributed by atoms with Gasteiger partial charge in [-0.2, -0.15) is 0 Å². The average Bonchev–Trinajstić information content (AvgIpc) is 2.14. The monoisotopic (exact) mass is 219 g/mol. The maximum absolute atomic E-state index is 10.8. The predicted molar refractivity (Wildman–Crippen MR) is 46.4 cm³/mol. The molecule has 1 aromatic heterocycles. The molecule has 0 fully saturated rings. The zero-order valence-electron chi connectivity index (χ0n) is 5.35. The van der Waals surface area contributed by atoms with Crippen LogP contribution in [0.3, 0.4) is 0 Å². The molecule has 0 spiro atoms. The van der Waals surface area contributed by atoms with Crippen LogP contribution in [0, 0.1) is 0 Å². The van der Waals surface area contributed by atoms with Gasteiger partial charge in [-0.15, -0.1) is 11.3 Å². The highest BCUT2D eigenvalue weighted by molar-refractivity contribution is 9.10. The van der Waals surface area contributed by atoms with Crippen LogP contribution < -0.4 is 5.73 Å². The third-order valence-electron chi connectivity index (χ3n) is 1.10. The van der Waals surface area contributed by atoms with Crippen LogP contribution in [-0.2, 0) is 0 Å². The fourth-order valence-electron chi connectivity index (χ4n) is 0.619. The van der Waals surface area contributed by atoms with E-state index in [1.165, 1.54) is 18.3 Å². The number of Topliss-reactive ketones (excluding diaryl/α,β-unsaturated/α-hetero) is 1. The van der Waals surface area contributed by atoms with Crippen molar-refractivity contribution in [3.05, 3.63) is 14.7 Å². The second-order valence-electron chi connectivity index (χ2n) is 1.88. The Labute approximate surface area is 71.2 Å². The molecule has 0 aliphatic rings. The fourth-order valence-corrected chi connectivity index (χ4v) is 1.98. The number of nitrogen functional groups attached to an aromatic ring is 1. The molecule has 0 aliphatic carbocycles. The van der Waals surface area contributed by atoms with E-state index in [9.17, 15) is 4.79 Å². The summed E-state index contributed by atoms with van der Waals surface area (Å²) in [6.45, 7) is 1.51.